The van der Waals surface area contributed by atoms with Crippen LogP contribution in [0.1, 0.15) is 39.0 Å². The number of fused-ring (bicyclic) bond motifs is 1. The molecule has 1 aliphatic rings. The van der Waals surface area contributed by atoms with Crippen LogP contribution in [0.3, 0.4) is 0 Å². The standard InChI is InChI=1S/C13H20N6/c1-2-8-3-5-9(6-4-8)17-12-10-11(16-7-15-10)18-13(14)19-12/h7-9H,2-6H2,1H3,(H4,14,15,16,17,18,19). The molecular weight excluding hydrogens is 240 g/mol. The topological polar surface area (TPSA) is 92.5 Å². The SMILES string of the molecule is CCC1CCC(Nc2nc(N)nc3nc[nH]c23)CC1. The number of nitrogens with two attached hydrogens (primary N) is 1. The average Bonchev–Trinajstić information content (AvgIpc) is 2.88. The van der Waals surface area contributed by atoms with Gasteiger partial charge in [-0.3, -0.25) is 0 Å². The van der Waals surface area contributed by atoms with Crippen LogP contribution < -0.4 is 11.1 Å². The highest BCUT2D eigenvalue weighted by molar-refractivity contribution is 5.83. The lowest BCUT2D eigenvalue weighted by Crippen LogP contribution is -2.26. The molecule has 2 aromatic rings. The molecule has 0 radical (unpaired) electrons. The lowest BCUT2D eigenvalue weighted by molar-refractivity contribution is 0.330. The summed E-state index contributed by atoms with van der Waals surface area (Å²) < 4.78 is 0. The highest BCUT2D eigenvalue weighted by Gasteiger charge is 2.21. The highest BCUT2D eigenvalue weighted by atomic mass is 15.1. The van der Waals surface area contributed by atoms with E-state index < -0.39 is 0 Å². The summed E-state index contributed by atoms with van der Waals surface area (Å²) in [5.41, 5.74) is 7.18. The van der Waals surface area contributed by atoms with Gasteiger partial charge in [0.05, 0.1) is 6.33 Å². The first-order valence-corrected chi connectivity index (χ1v) is 6.99. The number of hydrogen-bond donors (Lipinski definition) is 3. The van der Waals surface area contributed by atoms with Crippen molar-refractivity contribution in [3.05, 3.63) is 6.33 Å². The Morgan fingerprint density at radius 1 is 1.32 bits per heavy atom. The molecule has 1 aliphatic carbocycles. The Morgan fingerprint density at radius 2 is 2.11 bits per heavy atom. The first-order chi connectivity index (χ1) is 9.26. The van der Waals surface area contributed by atoms with Gasteiger partial charge >= 0.3 is 0 Å². The van der Waals surface area contributed by atoms with Gasteiger partial charge in [0, 0.05) is 6.04 Å². The van der Waals surface area contributed by atoms with Gasteiger partial charge in [0.15, 0.2) is 11.5 Å². The van der Waals surface area contributed by atoms with Gasteiger partial charge in [-0.25, -0.2) is 4.98 Å². The number of aromatic nitrogens is 4. The van der Waals surface area contributed by atoms with Gasteiger partial charge in [-0.2, -0.15) is 9.97 Å². The molecule has 0 spiro atoms. The molecule has 0 unspecified atom stereocenters. The van der Waals surface area contributed by atoms with E-state index in [2.05, 4.69) is 32.2 Å². The van der Waals surface area contributed by atoms with Crippen molar-refractivity contribution in [1.29, 1.82) is 0 Å². The minimum atomic E-state index is 0.268. The Bertz CT molecular complexity index is 555. The van der Waals surface area contributed by atoms with E-state index in [-0.39, 0.29) is 5.95 Å². The van der Waals surface area contributed by atoms with Crippen molar-refractivity contribution < 1.29 is 0 Å². The third-order valence-electron chi connectivity index (χ3n) is 4.07. The van der Waals surface area contributed by atoms with Crippen LogP contribution in [0.2, 0.25) is 0 Å². The molecule has 0 aliphatic heterocycles. The van der Waals surface area contributed by atoms with Crippen LogP contribution in [0.15, 0.2) is 6.33 Å². The smallest absolute Gasteiger partial charge is 0.224 e. The van der Waals surface area contributed by atoms with Crippen molar-refractivity contribution in [2.24, 2.45) is 5.92 Å². The summed E-state index contributed by atoms with van der Waals surface area (Å²) in [6.45, 7) is 2.28. The van der Waals surface area contributed by atoms with Crippen LogP contribution in [-0.4, -0.2) is 26.0 Å². The number of imidazole rings is 1. The maximum Gasteiger partial charge on any atom is 0.224 e. The van der Waals surface area contributed by atoms with Gasteiger partial charge in [-0.1, -0.05) is 13.3 Å². The second-order valence-electron chi connectivity index (χ2n) is 5.30. The number of rotatable bonds is 3. The Kier molecular flexibility index (Phi) is 3.23. The third-order valence-corrected chi connectivity index (χ3v) is 4.07. The Hall–Kier alpha value is -1.85. The van der Waals surface area contributed by atoms with Crippen LogP contribution in [0.5, 0.6) is 0 Å². The summed E-state index contributed by atoms with van der Waals surface area (Å²) in [6.07, 6.45) is 7.88. The van der Waals surface area contributed by atoms with E-state index in [0.29, 0.717) is 11.7 Å². The normalized spacial score (nSPS) is 23.6. The van der Waals surface area contributed by atoms with Crippen LogP contribution >= 0.6 is 0 Å². The zero-order valence-electron chi connectivity index (χ0n) is 11.2. The van der Waals surface area contributed by atoms with E-state index in [0.717, 1.165) is 17.3 Å². The number of hydrogen-bond acceptors (Lipinski definition) is 5. The van der Waals surface area contributed by atoms with Crippen molar-refractivity contribution in [3.63, 3.8) is 0 Å². The molecule has 1 saturated carbocycles. The molecule has 2 heterocycles. The molecule has 1 fully saturated rings. The van der Waals surface area contributed by atoms with Crippen molar-refractivity contribution in [2.45, 2.75) is 45.1 Å². The maximum atomic E-state index is 5.72. The van der Waals surface area contributed by atoms with Crippen LogP contribution in [0.25, 0.3) is 11.2 Å². The van der Waals surface area contributed by atoms with E-state index in [4.69, 9.17) is 5.73 Å². The van der Waals surface area contributed by atoms with Gasteiger partial charge in [-0.15, -0.1) is 0 Å². The Balaban J connectivity index is 1.76. The molecule has 6 nitrogen and oxygen atoms in total. The van der Waals surface area contributed by atoms with Crippen molar-refractivity contribution in [2.75, 3.05) is 11.1 Å². The van der Waals surface area contributed by atoms with Gasteiger partial charge in [0.1, 0.15) is 5.52 Å². The highest BCUT2D eigenvalue weighted by Crippen LogP contribution is 2.29. The fraction of sp³-hybridized carbons (Fsp3) is 0.615. The van der Waals surface area contributed by atoms with E-state index in [1.165, 1.54) is 32.1 Å². The number of anilines is 2. The molecule has 0 saturated heterocycles. The van der Waals surface area contributed by atoms with Gasteiger partial charge in [-0.05, 0) is 31.6 Å². The first kappa shape index (κ1) is 12.2. The quantitative estimate of drug-likeness (QED) is 0.787. The second-order valence-corrected chi connectivity index (χ2v) is 5.30. The minimum Gasteiger partial charge on any atom is -0.368 e. The lowest BCUT2D eigenvalue weighted by atomic mass is 9.84. The number of H-pyrrole nitrogens is 1. The Labute approximate surface area is 112 Å². The molecule has 19 heavy (non-hydrogen) atoms. The van der Waals surface area contributed by atoms with Crippen molar-refractivity contribution in [1.82, 2.24) is 19.9 Å². The molecule has 102 valence electrons. The largest absolute Gasteiger partial charge is 0.368 e. The van der Waals surface area contributed by atoms with E-state index in [1.54, 1.807) is 6.33 Å². The summed E-state index contributed by atoms with van der Waals surface area (Å²) in [5, 5.41) is 3.49. The number of aromatic amines is 1. The first-order valence-electron chi connectivity index (χ1n) is 6.99. The molecule has 3 rings (SSSR count). The predicted octanol–water partition coefficient (Wildman–Crippen LogP) is 2.32. The summed E-state index contributed by atoms with van der Waals surface area (Å²) >= 11 is 0. The molecule has 0 bridgehead atoms. The third kappa shape index (κ3) is 2.47. The molecule has 0 amide bonds. The van der Waals surface area contributed by atoms with Crippen LogP contribution in [-0.2, 0) is 0 Å². The monoisotopic (exact) mass is 260 g/mol. The van der Waals surface area contributed by atoms with Gasteiger partial charge in [0.2, 0.25) is 5.95 Å². The van der Waals surface area contributed by atoms with Crippen LogP contribution in [0, 0.1) is 5.92 Å². The van der Waals surface area contributed by atoms with Gasteiger partial charge < -0.3 is 16.0 Å². The number of nitrogen functional groups attached to an aromatic ring is 1. The van der Waals surface area contributed by atoms with E-state index in [1.807, 2.05) is 0 Å². The lowest BCUT2D eigenvalue weighted by Gasteiger charge is -2.28. The predicted molar refractivity (Wildman–Crippen MR) is 75.8 cm³/mol. The summed E-state index contributed by atoms with van der Waals surface area (Å²) in [4.78, 5) is 15.6. The van der Waals surface area contributed by atoms with E-state index >= 15 is 0 Å². The van der Waals surface area contributed by atoms with E-state index in [9.17, 15) is 0 Å². The summed E-state index contributed by atoms with van der Waals surface area (Å²) in [5.74, 6) is 1.94. The minimum absolute atomic E-state index is 0.268. The second kappa shape index (κ2) is 5.03. The fourth-order valence-corrected chi connectivity index (χ4v) is 2.86. The zero-order chi connectivity index (χ0) is 13.2. The van der Waals surface area contributed by atoms with Gasteiger partial charge in [0.25, 0.3) is 0 Å². The molecule has 0 atom stereocenters. The molecule has 0 aromatic carbocycles. The fourth-order valence-electron chi connectivity index (χ4n) is 2.86. The average molecular weight is 260 g/mol. The number of nitrogens with one attached hydrogen (secondary N) is 2. The molecule has 6 heteroatoms. The van der Waals surface area contributed by atoms with Crippen molar-refractivity contribution >= 4 is 22.9 Å². The number of nitrogens with zero attached hydrogens (tertiary/aromatic N) is 3. The molecule has 4 N–H and O–H groups in total. The summed E-state index contributed by atoms with van der Waals surface area (Å²) in [6, 6.07) is 0.476. The zero-order valence-corrected chi connectivity index (χ0v) is 11.2. The molecule has 2 aromatic heterocycles. The maximum absolute atomic E-state index is 5.72. The van der Waals surface area contributed by atoms with Crippen molar-refractivity contribution in [3.8, 4) is 0 Å². The molecular formula is C13H20N6. The summed E-state index contributed by atoms with van der Waals surface area (Å²) in [7, 11) is 0. The van der Waals surface area contributed by atoms with Crippen LogP contribution in [0.4, 0.5) is 11.8 Å². The Morgan fingerprint density at radius 3 is 2.84 bits per heavy atom.